The van der Waals surface area contributed by atoms with Gasteiger partial charge in [0.05, 0.1) is 12.2 Å². The van der Waals surface area contributed by atoms with E-state index < -0.39 is 0 Å². The van der Waals surface area contributed by atoms with E-state index >= 15 is 0 Å². The van der Waals surface area contributed by atoms with Crippen LogP contribution in [-0.4, -0.2) is 41.8 Å². The van der Waals surface area contributed by atoms with Gasteiger partial charge >= 0.3 is 6.03 Å². The quantitative estimate of drug-likeness (QED) is 0.831. The normalized spacial score (nSPS) is 23.6. The highest BCUT2D eigenvalue weighted by atomic mass is 16.5. The van der Waals surface area contributed by atoms with Gasteiger partial charge in [-0.25, -0.2) is 4.79 Å². The van der Waals surface area contributed by atoms with Crippen molar-refractivity contribution >= 4 is 6.03 Å². The fraction of sp³-hybridized carbons (Fsp3) is 0.650. The zero-order valence-electron chi connectivity index (χ0n) is 15.1. The maximum Gasteiger partial charge on any atom is 0.317 e. The number of urea groups is 1. The summed E-state index contributed by atoms with van der Waals surface area (Å²) in [6.45, 7) is 1.22. The van der Waals surface area contributed by atoms with Crippen LogP contribution >= 0.6 is 0 Å². The number of rotatable bonds is 6. The molecule has 5 nitrogen and oxygen atoms in total. The first-order valence-electron chi connectivity index (χ1n) is 9.53. The lowest BCUT2D eigenvalue weighted by molar-refractivity contribution is 0.0325. The van der Waals surface area contributed by atoms with Gasteiger partial charge in [-0.3, -0.25) is 0 Å². The van der Waals surface area contributed by atoms with Crippen molar-refractivity contribution in [3.8, 4) is 5.75 Å². The van der Waals surface area contributed by atoms with Crippen LogP contribution in [0.3, 0.4) is 0 Å². The number of ether oxygens (including phenoxy) is 1. The average Bonchev–Trinajstić information content (AvgIpc) is 2.60. The maximum absolute atomic E-state index is 12.1. The molecule has 0 spiro atoms. The second-order valence-corrected chi connectivity index (χ2v) is 7.55. The van der Waals surface area contributed by atoms with Crippen LogP contribution in [0, 0.1) is 5.92 Å². The van der Waals surface area contributed by atoms with Gasteiger partial charge in [-0.15, -0.1) is 0 Å². The summed E-state index contributed by atoms with van der Waals surface area (Å²) in [6, 6.07) is 7.95. The molecule has 0 atom stereocenters. The summed E-state index contributed by atoms with van der Waals surface area (Å²) in [5.74, 6) is 1.35. The number of carbonyl (C=O) groups excluding carboxylic acids is 1. The van der Waals surface area contributed by atoms with Crippen molar-refractivity contribution in [1.29, 1.82) is 0 Å². The van der Waals surface area contributed by atoms with E-state index in [0.717, 1.165) is 37.0 Å². The zero-order chi connectivity index (χ0) is 17.6. The Bertz CT molecular complexity index is 549. The molecule has 0 radical (unpaired) electrons. The van der Waals surface area contributed by atoms with Crippen molar-refractivity contribution in [1.82, 2.24) is 10.2 Å². The van der Waals surface area contributed by atoms with Crippen molar-refractivity contribution in [2.24, 2.45) is 5.92 Å². The molecule has 0 heterocycles. The number of benzene rings is 1. The number of aliphatic hydroxyl groups excluding tert-OH is 1. The van der Waals surface area contributed by atoms with Gasteiger partial charge in [0.15, 0.2) is 0 Å². The minimum Gasteiger partial charge on any atom is -0.490 e. The van der Waals surface area contributed by atoms with Gasteiger partial charge in [0.25, 0.3) is 0 Å². The van der Waals surface area contributed by atoms with Gasteiger partial charge in [0.2, 0.25) is 0 Å². The molecule has 3 rings (SSSR count). The third kappa shape index (κ3) is 5.36. The highest BCUT2D eigenvalue weighted by molar-refractivity contribution is 5.73. The summed E-state index contributed by atoms with van der Waals surface area (Å²) >= 11 is 0. The maximum atomic E-state index is 12.1. The number of carbonyl (C=O) groups is 1. The molecule has 0 bridgehead atoms. The summed E-state index contributed by atoms with van der Waals surface area (Å²) in [7, 11) is 1.81. The van der Waals surface area contributed by atoms with Crippen LogP contribution in [0.2, 0.25) is 0 Å². The summed E-state index contributed by atoms with van der Waals surface area (Å²) in [5, 5.41) is 12.3. The third-order valence-electron chi connectivity index (χ3n) is 5.31. The summed E-state index contributed by atoms with van der Waals surface area (Å²) in [4.78, 5) is 13.8. The third-order valence-corrected chi connectivity index (χ3v) is 5.31. The lowest BCUT2D eigenvalue weighted by Gasteiger charge is -2.34. The molecule has 2 saturated carbocycles. The standard InChI is InChI=1S/C20H30N2O3/c1-22(14-16-11-17(23)12-16)20(24)21-13-15-7-9-19(10-8-15)25-18-5-3-2-4-6-18/h7-10,16-18,23H,2-6,11-14H2,1H3,(H,21,24). The number of aliphatic hydroxyl groups is 1. The molecule has 2 N–H and O–H groups in total. The number of nitrogens with one attached hydrogen (secondary N) is 1. The molecule has 0 unspecified atom stereocenters. The van der Waals surface area contributed by atoms with Crippen LogP contribution in [0.4, 0.5) is 4.79 Å². The highest BCUT2D eigenvalue weighted by Gasteiger charge is 2.29. The molecule has 2 amide bonds. The highest BCUT2D eigenvalue weighted by Crippen LogP contribution is 2.27. The monoisotopic (exact) mass is 346 g/mol. The average molecular weight is 346 g/mol. The molecule has 5 heteroatoms. The van der Waals surface area contributed by atoms with Gasteiger partial charge in [-0.1, -0.05) is 18.6 Å². The first kappa shape index (κ1) is 18.1. The Morgan fingerprint density at radius 3 is 2.52 bits per heavy atom. The fourth-order valence-electron chi connectivity index (χ4n) is 3.69. The van der Waals surface area contributed by atoms with Crippen LogP contribution in [0.1, 0.15) is 50.5 Å². The molecule has 138 valence electrons. The van der Waals surface area contributed by atoms with Crippen LogP contribution < -0.4 is 10.1 Å². The molecular formula is C20H30N2O3. The summed E-state index contributed by atoms with van der Waals surface area (Å²) in [5.41, 5.74) is 1.07. The molecule has 0 aliphatic heterocycles. The van der Waals surface area contributed by atoms with E-state index in [1.807, 2.05) is 24.3 Å². The fourth-order valence-corrected chi connectivity index (χ4v) is 3.69. The van der Waals surface area contributed by atoms with Gasteiger partial charge in [0.1, 0.15) is 5.75 Å². The van der Waals surface area contributed by atoms with E-state index in [2.05, 4.69) is 5.32 Å². The Hall–Kier alpha value is -1.75. The van der Waals surface area contributed by atoms with Crippen LogP contribution in [0.5, 0.6) is 5.75 Å². The second-order valence-electron chi connectivity index (χ2n) is 7.55. The largest absolute Gasteiger partial charge is 0.490 e. The zero-order valence-corrected chi connectivity index (χ0v) is 15.1. The Kier molecular flexibility index (Phi) is 6.19. The molecule has 1 aromatic rings. The van der Waals surface area contributed by atoms with E-state index in [1.165, 1.54) is 19.3 Å². The second kappa shape index (κ2) is 8.56. The van der Waals surface area contributed by atoms with Crippen LogP contribution in [-0.2, 0) is 6.54 Å². The number of amides is 2. The summed E-state index contributed by atoms with van der Waals surface area (Å²) in [6.07, 6.45) is 7.97. The molecule has 2 fully saturated rings. The first-order valence-corrected chi connectivity index (χ1v) is 9.53. The molecule has 2 aliphatic rings. The van der Waals surface area contributed by atoms with E-state index in [0.29, 0.717) is 25.1 Å². The van der Waals surface area contributed by atoms with Crippen molar-refractivity contribution in [2.45, 2.75) is 63.7 Å². The number of hydrogen-bond acceptors (Lipinski definition) is 3. The van der Waals surface area contributed by atoms with E-state index in [-0.39, 0.29) is 12.1 Å². The van der Waals surface area contributed by atoms with Crippen LogP contribution in [0.25, 0.3) is 0 Å². The molecular weight excluding hydrogens is 316 g/mol. The Balaban J connectivity index is 1.39. The smallest absolute Gasteiger partial charge is 0.317 e. The van der Waals surface area contributed by atoms with E-state index in [1.54, 1.807) is 11.9 Å². The predicted molar refractivity (Wildman–Crippen MR) is 97.5 cm³/mol. The van der Waals surface area contributed by atoms with Gasteiger partial charge in [0, 0.05) is 20.1 Å². The minimum absolute atomic E-state index is 0.0658. The lowest BCUT2D eigenvalue weighted by atomic mass is 9.82. The van der Waals surface area contributed by atoms with Crippen molar-refractivity contribution in [3.05, 3.63) is 29.8 Å². The SMILES string of the molecule is CN(CC1CC(O)C1)C(=O)NCc1ccc(OC2CCCCC2)cc1. The Morgan fingerprint density at radius 1 is 1.20 bits per heavy atom. The topological polar surface area (TPSA) is 61.8 Å². The Labute approximate surface area is 150 Å². The number of nitrogens with zero attached hydrogens (tertiary/aromatic N) is 1. The van der Waals surface area contributed by atoms with Gasteiger partial charge in [-0.05, 0) is 62.1 Å². The van der Waals surface area contributed by atoms with Crippen LogP contribution in [0.15, 0.2) is 24.3 Å². The molecule has 0 saturated heterocycles. The number of hydrogen-bond donors (Lipinski definition) is 2. The molecule has 0 aromatic heterocycles. The molecule has 1 aromatic carbocycles. The van der Waals surface area contributed by atoms with Crippen molar-refractivity contribution in [2.75, 3.05) is 13.6 Å². The summed E-state index contributed by atoms with van der Waals surface area (Å²) < 4.78 is 6.03. The predicted octanol–water partition coefficient (Wildman–Crippen LogP) is 3.31. The minimum atomic E-state index is -0.171. The van der Waals surface area contributed by atoms with E-state index in [9.17, 15) is 9.90 Å². The molecule has 25 heavy (non-hydrogen) atoms. The van der Waals surface area contributed by atoms with E-state index in [4.69, 9.17) is 4.74 Å². The first-order chi connectivity index (χ1) is 12.1. The lowest BCUT2D eigenvalue weighted by Crippen LogP contribution is -2.43. The van der Waals surface area contributed by atoms with Crippen molar-refractivity contribution in [3.63, 3.8) is 0 Å². The van der Waals surface area contributed by atoms with Crippen molar-refractivity contribution < 1.29 is 14.6 Å². The molecule has 2 aliphatic carbocycles. The van der Waals surface area contributed by atoms with Gasteiger partial charge in [-0.2, -0.15) is 0 Å². The Morgan fingerprint density at radius 2 is 1.88 bits per heavy atom. The van der Waals surface area contributed by atoms with Gasteiger partial charge < -0.3 is 20.1 Å².